The van der Waals surface area contributed by atoms with E-state index >= 15 is 0 Å². The molecular weight excluding hydrogens is 428 g/mol. The van der Waals surface area contributed by atoms with E-state index in [0.717, 1.165) is 17.7 Å². The zero-order valence-electron chi connectivity index (χ0n) is 18.2. The number of hydrogen-bond acceptors (Lipinski definition) is 6. The molecule has 2 aliphatic heterocycles. The lowest BCUT2D eigenvalue weighted by molar-refractivity contribution is -0.137. The average molecular weight is 457 g/mol. The van der Waals surface area contributed by atoms with Gasteiger partial charge in [0, 0.05) is 29.3 Å². The molecule has 0 saturated carbocycles. The van der Waals surface area contributed by atoms with Crippen molar-refractivity contribution in [3.63, 3.8) is 0 Å². The monoisotopic (exact) mass is 456 g/mol. The van der Waals surface area contributed by atoms with Crippen molar-refractivity contribution in [2.24, 2.45) is 0 Å². The highest BCUT2D eigenvalue weighted by Crippen LogP contribution is 2.36. The van der Waals surface area contributed by atoms with E-state index in [-0.39, 0.29) is 24.5 Å². The summed E-state index contributed by atoms with van der Waals surface area (Å²) in [5.74, 6) is 1.62. The number of nitrogens with one attached hydrogen (secondary N) is 1. The molecule has 0 radical (unpaired) electrons. The van der Waals surface area contributed by atoms with Crippen molar-refractivity contribution >= 4 is 23.6 Å². The molecule has 170 valence electrons. The molecule has 1 atom stereocenters. The van der Waals surface area contributed by atoms with Crippen molar-refractivity contribution in [1.29, 1.82) is 0 Å². The Hall–Kier alpha value is -2.71. The maximum Gasteiger partial charge on any atom is 0.260 e. The summed E-state index contributed by atoms with van der Waals surface area (Å²) in [6.45, 7) is 4.44. The Bertz CT molecular complexity index is 961. The van der Waals surface area contributed by atoms with Gasteiger partial charge in [-0.3, -0.25) is 9.59 Å². The van der Waals surface area contributed by atoms with E-state index in [1.807, 2.05) is 30.8 Å². The quantitative estimate of drug-likeness (QED) is 0.689. The van der Waals surface area contributed by atoms with Gasteiger partial charge in [-0.2, -0.15) is 0 Å². The molecule has 1 saturated heterocycles. The van der Waals surface area contributed by atoms with Gasteiger partial charge in [0.25, 0.3) is 11.8 Å². The van der Waals surface area contributed by atoms with Gasteiger partial charge in [-0.1, -0.05) is 18.2 Å². The lowest BCUT2D eigenvalue weighted by atomic mass is 10.0. The van der Waals surface area contributed by atoms with E-state index in [0.29, 0.717) is 50.0 Å². The number of nitrogens with zero attached hydrogens (tertiary/aromatic N) is 1. The number of carbonyl (C=O) groups excluding carboxylic acids is 2. The lowest BCUT2D eigenvalue weighted by Gasteiger charge is -2.27. The van der Waals surface area contributed by atoms with E-state index in [1.54, 1.807) is 23.1 Å². The first-order valence-corrected chi connectivity index (χ1v) is 11.9. The summed E-state index contributed by atoms with van der Waals surface area (Å²) in [5, 5.41) is 3.15. The fourth-order valence-electron chi connectivity index (χ4n) is 3.81. The SMILES string of the molecule is CCOc1cc(C(=O)N[C@H]2CCSc3ccccc32)ccc1OCC(=O)N1CCOCC1. The second-order valence-electron chi connectivity index (χ2n) is 7.58. The smallest absolute Gasteiger partial charge is 0.260 e. The molecular formula is C24H28N2O5S. The molecule has 1 N–H and O–H groups in total. The van der Waals surface area contributed by atoms with Crippen LogP contribution in [0.15, 0.2) is 47.4 Å². The van der Waals surface area contributed by atoms with Gasteiger partial charge in [0.15, 0.2) is 18.1 Å². The Morgan fingerprint density at radius 2 is 1.94 bits per heavy atom. The maximum absolute atomic E-state index is 13.0. The minimum absolute atomic E-state index is 0.0161. The molecule has 2 amide bonds. The fourth-order valence-corrected chi connectivity index (χ4v) is 4.94. The Morgan fingerprint density at radius 1 is 1.12 bits per heavy atom. The molecule has 4 rings (SSSR count). The first-order chi connectivity index (χ1) is 15.7. The number of rotatable bonds is 7. The van der Waals surface area contributed by atoms with Gasteiger partial charge in [0.2, 0.25) is 0 Å². The third kappa shape index (κ3) is 5.37. The zero-order valence-corrected chi connectivity index (χ0v) is 19.0. The molecule has 2 heterocycles. The van der Waals surface area contributed by atoms with Gasteiger partial charge in [-0.25, -0.2) is 0 Å². The molecule has 0 spiro atoms. The van der Waals surface area contributed by atoms with Crippen LogP contribution in [0.1, 0.15) is 35.3 Å². The van der Waals surface area contributed by atoms with Crippen LogP contribution in [0.4, 0.5) is 0 Å². The van der Waals surface area contributed by atoms with Crippen molar-refractivity contribution < 1.29 is 23.8 Å². The van der Waals surface area contributed by atoms with E-state index in [2.05, 4.69) is 17.4 Å². The molecule has 2 aromatic rings. The van der Waals surface area contributed by atoms with Crippen LogP contribution in [-0.4, -0.2) is 62.0 Å². The molecule has 2 aliphatic rings. The van der Waals surface area contributed by atoms with Crippen LogP contribution in [-0.2, 0) is 9.53 Å². The molecule has 2 aromatic carbocycles. The van der Waals surface area contributed by atoms with Crippen molar-refractivity contribution in [3.8, 4) is 11.5 Å². The van der Waals surface area contributed by atoms with Gasteiger partial charge >= 0.3 is 0 Å². The third-order valence-corrected chi connectivity index (χ3v) is 6.61. The summed E-state index contributed by atoms with van der Waals surface area (Å²) in [4.78, 5) is 28.3. The Morgan fingerprint density at radius 3 is 2.75 bits per heavy atom. The Balaban J connectivity index is 1.43. The molecule has 0 bridgehead atoms. The number of amides is 2. The molecule has 1 fully saturated rings. The first kappa shape index (κ1) is 22.5. The standard InChI is InChI=1S/C24H28N2O5S/c1-2-30-21-15-17(7-8-20(21)31-16-23(27)26-10-12-29-13-11-26)24(28)25-19-9-14-32-22-6-4-3-5-18(19)22/h3-8,15,19H,2,9-14,16H2,1H3,(H,25,28)/t19-/m0/s1. The van der Waals surface area contributed by atoms with Crippen LogP contribution in [0.25, 0.3) is 0 Å². The van der Waals surface area contributed by atoms with Crippen LogP contribution in [0, 0.1) is 0 Å². The van der Waals surface area contributed by atoms with E-state index < -0.39 is 0 Å². The molecule has 7 nitrogen and oxygen atoms in total. The minimum Gasteiger partial charge on any atom is -0.490 e. The summed E-state index contributed by atoms with van der Waals surface area (Å²) in [6.07, 6.45) is 0.885. The summed E-state index contributed by atoms with van der Waals surface area (Å²) >= 11 is 1.82. The van der Waals surface area contributed by atoms with Crippen molar-refractivity contribution in [2.45, 2.75) is 24.3 Å². The molecule has 0 aromatic heterocycles. The van der Waals surface area contributed by atoms with Gasteiger partial charge in [-0.15, -0.1) is 11.8 Å². The highest BCUT2D eigenvalue weighted by molar-refractivity contribution is 7.99. The molecule has 32 heavy (non-hydrogen) atoms. The highest BCUT2D eigenvalue weighted by atomic mass is 32.2. The zero-order chi connectivity index (χ0) is 22.3. The van der Waals surface area contributed by atoms with Crippen LogP contribution in [0.2, 0.25) is 0 Å². The Kier molecular flexibility index (Phi) is 7.55. The van der Waals surface area contributed by atoms with E-state index in [9.17, 15) is 9.59 Å². The van der Waals surface area contributed by atoms with Crippen LogP contribution in [0.5, 0.6) is 11.5 Å². The van der Waals surface area contributed by atoms with Crippen molar-refractivity contribution in [2.75, 3.05) is 45.3 Å². The summed E-state index contributed by atoms with van der Waals surface area (Å²) in [5.41, 5.74) is 1.65. The van der Waals surface area contributed by atoms with E-state index in [1.165, 1.54) is 4.90 Å². The highest BCUT2D eigenvalue weighted by Gasteiger charge is 2.23. The topological polar surface area (TPSA) is 77.1 Å². The Labute approximate surface area is 192 Å². The number of fused-ring (bicyclic) bond motifs is 1. The van der Waals surface area contributed by atoms with Crippen LogP contribution < -0.4 is 14.8 Å². The van der Waals surface area contributed by atoms with Gasteiger partial charge in [-0.05, 0) is 43.2 Å². The van der Waals surface area contributed by atoms with Gasteiger partial charge < -0.3 is 24.4 Å². The summed E-state index contributed by atoms with van der Waals surface area (Å²) in [6, 6.07) is 13.2. The number of hydrogen-bond donors (Lipinski definition) is 1. The largest absolute Gasteiger partial charge is 0.490 e. The number of ether oxygens (including phenoxy) is 3. The van der Waals surface area contributed by atoms with Gasteiger partial charge in [0.05, 0.1) is 25.9 Å². The number of morpholine rings is 1. The average Bonchev–Trinajstić information content (AvgIpc) is 2.84. The van der Waals surface area contributed by atoms with E-state index in [4.69, 9.17) is 14.2 Å². The van der Waals surface area contributed by atoms with Crippen molar-refractivity contribution in [1.82, 2.24) is 10.2 Å². The normalized spacial score (nSPS) is 17.9. The maximum atomic E-state index is 13.0. The van der Waals surface area contributed by atoms with Crippen LogP contribution >= 0.6 is 11.8 Å². The summed E-state index contributed by atoms with van der Waals surface area (Å²) in [7, 11) is 0. The van der Waals surface area contributed by atoms with Crippen LogP contribution in [0.3, 0.4) is 0 Å². The van der Waals surface area contributed by atoms with Gasteiger partial charge in [0.1, 0.15) is 0 Å². The number of carbonyl (C=O) groups is 2. The summed E-state index contributed by atoms with van der Waals surface area (Å²) < 4.78 is 16.7. The fraction of sp³-hybridized carbons (Fsp3) is 0.417. The molecule has 8 heteroatoms. The van der Waals surface area contributed by atoms with Crippen molar-refractivity contribution in [3.05, 3.63) is 53.6 Å². The third-order valence-electron chi connectivity index (χ3n) is 5.48. The molecule has 0 aliphatic carbocycles. The number of thioether (sulfide) groups is 1. The lowest BCUT2D eigenvalue weighted by Crippen LogP contribution is -2.43. The predicted molar refractivity (Wildman–Crippen MR) is 122 cm³/mol. The number of benzene rings is 2. The minimum atomic E-state index is -0.159. The first-order valence-electron chi connectivity index (χ1n) is 10.9. The second-order valence-corrected chi connectivity index (χ2v) is 8.71. The molecule has 0 unspecified atom stereocenters. The predicted octanol–water partition coefficient (Wildman–Crippen LogP) is 3.29. The second kappa shape index (κ2) is 10.7.